The Balaban J connectivity index is 1.34. The van der Waals surface area contributed by atoms with Crippen LogP contribution in [-0.4, -0.2) is 44.8 Å². The normalized spacial score (nSPS) is 15.4. The van der Waals surface area contributed by atoms with E-state index in [0.717, 1.165) is 29.5 Å². The van der Waals surface area contributed by atoms with E-state index in [1.807, 2.05) is 72.8 Å². The molecular formula is C31H29ClN4O3. The van der Waals surface area contributed by atoms with Gasteiger partial charge < -0.3 is 14.3 Å². The van der Waals surface area contributed by atoms with Gasteiger partial charge in [0.25, 0.3) is 0 Å². The first kappa shape index (κ1) is 26.4. The van der Waals surface area contributed by atoms with Crippen LogP contribution in [0.3, 0.4) is 0 Å². The van der Waals surface area contributed by atoms with E-state index in [-0.39, 0.29) is 24.4 Å². The van der Waals surface area contributed by atoms with Gasteiger partial charge in [0.1, 0.15) is 12.6 Å². The van der Waals surface area contributed by atoms with E-state index in [1.54, 1.807) is 28.0 Å². The summed E-state index contributed by atoms with van der Waals surface area (Å²) in [5.74, 6) is 0.472. The van der Waals surface area contributed by atoms with Gasteiger partial charge in [0.15, 0.2) is 0 Å². The number of halogens is 1. The predicted molar refractivity (Wildman–Crippen MR) is 150 cm³/mol. The average Bonchev–Trinajstić information content (AvgIpc) is 3.47. The van der Waals surface area contributed by atoms with E-state index in [2.05, 4.69) is 10.1 Å². The maximum atomic E-state index is 13.7. The van der Waals surface area contributed by atoms with Crippen molar-refractivity contribution in [2.24, 2.45) is 0 Å². The molecule has 0 aliphatic carbocycles. The molecule has 1 saturated heterocycles. The van der Waals surface area contributed by atoms with Crippen LogP contribution >= 0.6 is 11.6 Å². The van der Waals surface area contributed by atoms with Gasteiger partial charge in [-0.2, -0.15) is 4.98 Å². The van der Waals surface area contributed by atoms with Gasteiger partial charge in [-0.05, 0) is 60.7 Å². The number of carbonyl (C=O) groups excluding carboxylic acids is 2. The van der Waals surface area contributed by atoms with Crippen molar-refractivity contribution in [3.8, 4) is 11.4 Å². The lowest BCUT2D eigenvalue weighted by atomic mass is 10.0. The van der Waals surface area contributed by atoms with Crippen LogP contribution in [0.4, 0.5) is 0 Å². The Morgan fingerprint density at radius 2 is 1.69 bits per heavy atom. The topological polar surface area (TPSA) is 79.5 Å². The first-order valence-electron chi connectivity index (χ1n) is 13.0. The van der Waals surface area contributed by atoms with Crippen molar-refractivity contribution in [3.63, 3.8) is 0 Å². The number of hydrogen-bond donors (Lipinski definition) is 0. The molecule has 2 amide bonds. The molecule has 198 valence electrons. The number of piperidine rings is 1. The minimum Gasteiger partial charge on any atom is -0.337 e. The van der Waals surface area contributed by atoms with Crippen LogP contribution in [-0.2, 0) is 16.1 Å². The van der Waals surface area contributed by atoms with Crippen LogP contribution in [0.25, 0.3) is 17.5 Å². The van der Waals surface area contributed by atoms with Crippen molar-refractivity contribution in [1.82, 2.24) is 19.9 Å². The zero-order valence-electron chi connectivity index (χ0n) is 21.4. The van der Waals surface area contributed by atoms with E-state index in [4.69, 9.17) is 16.1 Å². The summed E-state index contributed by atoms with van der Waals surface area (Å²) in [6.07, 6.45) is 5.83. The number of benzene rings is 3. The van der Waals surface area contributed by atoms with Crippen LogP contribution in [0, 0.1) is 0 Å². The van der Waals surface area contributed by atoms with Gasteiger partial charge in [-0.25, -0.2) is 0 Å². The van der Waals surface area contributed by atoms with Crippen molar-refractivity contribution in [2.45, 2.75) is 31.8 Å². The summed E-state index contributed by atoms with van der Waals surface area (Å²) in [5.41, 5.74) is 2.65. The molecule has 1 atom stereocenters. The Hall–Kier alpha value is -4.23. The van der Waals surface area contributed by atoms with Gasteiger partial charge in [0.05, 0.1) is 0 Å². The monoisotopic (exact) mass is 540 g/mol. The summed E-state index contributed by atoms with van der Waals surface area (Å²) in [6, 6.07) is 26.2. The number of amides is 2. The van der Waals surface area contributed by atoms with Crippen molar-refractivity contribution in [3.05, 3.63) is 113 Å². The Labute approximate surface area is 232 Å². The highest BCUT2D eigenvalue weighted by Crippen LogP contribution is 2.31. The minimum atomic E-state index is -0.340. The molecule has 0 spiro atoms. The van der Waals surface area contributed by atoms with E-state index in [1.165, 1.54) is 6.08 Å². The van der Waals surface area contributed by atoms with Crippen molar-refractivity contribution >= 4 is 29.5 Å². The second-order valence-corrected chi connectivity index (χ2v) is 9.92. The standard InChI is InChI=1S/C31H29ClN4O3/c32-26-17-15-25(16-18-26)30-33-31(39-34-30)27-13-7-8-20-36(27)29(38)22-35(21-24-11-5-2-6-12-24)28(37)19-14-23-9-3-1-4-10-23/h1-6,9-12,14-19,27H,7-8,13,20-22H2. The van der Waals surface area contributed by atoms with Crippen molar-refractivity contribution in [1.29, 1.82) is 0 Å². The molecule has 1 fully saturated rings. The Morgan fingerprint density at radius 3 is 2.44 bits per heavy atom. The molecule has 5 rings (SSSR count). The number of rotatable bonds is 8. The van der Waals surface area contributed by atoms with Gasteiger partial charge in [-0.15, -0.1) is 0 Å². The fraction of sp³-hybridized carbons (Fsp3) is 0.226. The SMILES string of the molecule is O=C(C=Cc1ccccc1)N(CC(=O)N1CCCCC1c1nc(-c2ccc(Cl)cc2)no1)Cc1ccccc1. The fourth-order valence-electron chi connectivity index (χ4n) is 4.68. The average molecular weight is 541 g/mol. The van der Waals surface area contributed by atoms with E-state index >= 15 is 0 Å². The third-order valence-corrected chi connectivity index (χ3v) is 6.98. The molecule has 39 heavy (non-hydrogen) atoms. The van der Waals surface area contributed by atoms with E-state index in [0.29, 0.717) is 36.2 Å². The largest absolute Gasteiger partial charge is 0.337 e. The summed E-state index contributed by atoms with van der Waals surface area (Å²) in [5, 5.41) is 4.77. The molecule has 2 heterocycles. The smallest absolute Gasteiger partial charge is 0.249 e. The van der Waals surface area contributed by atoms with Crippen LogP contribution in [0.5, 0.6) is 0 Å². The molecule has 7 nitrogen and oxygen atoms in total. The highest BCUT2D eigenvalue weighted by Gasteiger charge is 2.33. The van der Waals surface area contributed by atoms with Crippen molar-refractivity contribution < 1.29 is 14.1 Å². The van der Waals surface area contributed by atoms with Gasteiger partial charge in [0.2, 0.25) is 23.5 Å². The number of carbonyl (C=O) groups is 2. The van der Waals surface area contributed by atoms with Crippen LogP contribution in [0.2, 0.25) is 5.02 Å². The third-order valence-electron chi connectivity index (χ3n) is 6.72. The molecule has 8 heteroatoms. The van der Waals surface area contributed by atoms with Crippen molar-refractivity contribution in [2.75, 3.05) is 13.1 Å². The molecule has 1 aliphatic heterocycles. The molecule has 1 aromatic heterocycles. The second-order valence-electron chi connectivity index (χ2n) is 9.49. The lowest BCUT2D eigenvalue weighted by Crippen LogP contribution is -2.45. The fourth-order valence-corrected chi connectivity index (χ4v) is 4.81. The molecule has 1 aliphatic rings. The molecule has 0 radical (unpaired) electrons. The summed E-state index contributed by atoms with van der Waals surface area (Å²) < 4.78 is 5.63. The molecule has 0 saturated carbocycles. The first-order valence-corrected chi connectivity index (χ1v) is 13.4. The highest BCUT2D eigenvalue weighted by molar-refractivity contribution is 6.30. The summed E-state index contributed by atoms with van der Waals surface area (Å²) in [6.45, 7) is 0.835. The van der Waals surface area contributed by atoms with Gasteiger partial charge in [0, 0.05) is 29.8 Å². The number of aromatic nitrogens is 2. The van der Waals surface area contributed by atoms with Crippen LogP contribution in [0.1, 0.15) is 42.3 Å². The summed E-state index contributed by atoms with van der Waals surface area (Å²) in [7, 11) is 0. The lowest BCUT2D eigenvalue weighted by molar-refractivity contribution is -0.141. The van der Waals surface area contributed by atoms with E-state index in [9.17, 15) is 9.59 Å². The van der Waals surface area contributed by atoms with Gasteiger partial charge in [-0.1, -0.05) is 77.4 Å². The zero-order chi connectivity index (χ0) is 27.0. The quantitative estimate of drug-likeness (QED) is 0.249. The molecule has 4 aromatic rings. The second kappa shape index (κ2) is 12.5. The molecule has 0 N–H and O–H groups in total. The summed E-state index contributed by atoms with van der Waals surface area (Å²) >= 11 is 6.01. The van der Waals surface area contributed by atoms with Crippen LogP contribution < -0.4 is 0 Å². The number of likely N-dealkylation sites (tertiary alicyclic amines) is 1. The lowest BCUT2D eigenvalue weighted by Gasteiger charge is -2.35. The zero-order valence-corrected chi connectivity index (χ0v) is 22.2. The third kappa shape index (κ3) is 6.81. The van der Waals surface area contributed by atoms with E-state index < -0.39 is 0 Å². The maximum Gasteiger partial charge on any atom is 0.249 e. The molecular weight excluding hydrogens is 512 g/mol. The highest BCUT2D eigenvalue weighted by atomic mass is 35.5. The molecule has 0 bridgehead atoms. The van der Waals surface area contributed by atoms with Gasteiger partial charge >= 0.3 is 0 Å². The summed E-state index contributed by atoms with van der Waals surface area (Å²) in [4.78, 5) is 34.9. The Bertz CT molecular complexity index is 1420. The Morgan fingerprint density at radius 1 is 0.974 bits per heavy atom. The molecule has 3 aromatic carbocycles. The number of hydrogen-bond acceptors (Lipinski definition) is 5. The number of nitrogens with zero attached hydrogens (tertiary/aromatic N) is 4. The first-order chi connectivity index (χ1) is 19.1. The molecule has 1 unspecified atom stereocenters. The minimum absolute atomic E-state index is 0.0540. The van der Waals surface area contributed by atoms with Crippen LogP contribution in [0.15, 0.2) is 95.5 Å². The Kier molecular flexibility index (Phi) is 8.48. The maximum absolute atomic E-state index is 13.7. The predicted octanol–water partition coefficient (Wildman–Crippen LogP) is 6.19. The van der Waals surface area contributed by atoms with Gasteiger partial charge in [-0.3, -0.25) is 9.59 Å².